The first kappa shape index (κ1) is 15.9. The second-order valence-corrected chi connectivity index (χ2v) is 4.09. The SMILES string of the molecule is COCCCNC(=O)CN(CC(=O)O)C(C)C. The quantitative estimate of drug-likeness (QED) is 0.557. The lowest BCUT2D eigenvalue weighted by molar-refractivity contribution is -0.139. The molecule has 0 aliphatic heterocycles. The molecule has 0 fully saturated rings. The van der Waals surface area contributed by atoms with Crippen LogP contribution in [0.15, 0.2) is 0 Å². The van der Waals surface area contributed by atoms with E-state index in [2.05, 4.69) is 5.32 Å². The fraction of sp³-hybridized carbons (Fsp3) is 0.818. The highest BCUT2D eigenvalue weighted by Crippen LogP contribution is 1.97. The summed E-state index contributed by atoms with van der Waals surface area (Å²) in [6, 6.07) is 0.0239. The third-order valence-corrected chi connectivity index (χ3v) is 2.26. The Bertz CT molecular complexity index is 244. The van der Waals surface area contributed by atoms with Crippen molar-refractivity contribution in [3.8, 4) is 0 Å². The summed E-state index contributed by atoms with van der Waals surface area (Å²) in [6.45, 7) is 4.86. The van der Waals surface area contributed by atoms with Crippen molar-refractivity contribution < 1.29 is 19.4 Å². The standard InChI is InChI=1S/C11H22N2O4/c1-9(2)13(8-11(15)16)7-10(14)12-5-4-6-17-3/h9H,4-8H2,1-3H3,(H,12,14)(H,15,16). The van der Waals surface area contributed by atoms with Gasteiger partial charge in [0.05, 0.1) is 13.1 Å². The van der Waals surface area contributed by atoms with E-state index < -0.39 is 5.97 Å². The fourth-order valence-corrected chi connectivity index (χ4v) is 1.28. The van der Waals surface area contributed by atoms with Crippen molar-refractivity contribution in [3.63, 3.8) is 0 Å². The number of amides is 1. The average Bonchev–Trinajstić information content (AvgIpc) is 2.22. The van der Waals surface area contributed by atoms with Crippen LogP contribution >= 0.6 is 0 Å². The van der Waals surface area contributed by atoms with Crippen molar-refractivity contribution in [3.05, 3.63) is 0 Å². The lowest BCUT2D eigenvalue weighted by atomic mass is 10.3. The second-order valence-electron chi connectivity index (χ2n) is 4.09. The molecule has 0 aromatic heterocycles. The maximum Gasteiger partial charge on any atom is 0.317 e. The second kappa shape index (κ2) is 8.95. The molecule has 6 heteroatoms. The summed E-state index contributed by atoms with van der Waals surface area (Å²) in [4.78, 5) is 23.7. The van der Waals surface area contributed by atoms with Gasteiger partial charge in [-0.05, 0) is 20.3 Å². The van der Waals surface area contributed by atoms with Crippen LogP contribution in [-0.2, 0) is 14.3 Å². The molecule has 0 radical (unpaired) electrons. The zero-order chi connectivity index (χ0) is 13.3. The van der Waals surface area contributed by atoms with Crippen LogP contribution in [0.25, 0.3) is 0 Å². The highest BCUT2D eigenvalue weighted by atomic mass is 16.5. The van der Waals surface area contributed by atoms with E-state index >= 15 is 0 Å². The number of aliphatic carboxylic acids is 1. The van der Waals surface area contributed by atoms with Crippen LogP contribution in [0.3, 0.4) is 0 Å². The smallest absolute Gasteiger partial charge is 0.317 e. The molecule has 6 nitrogen and oxygen atoms in total. The summed E-state index contributed by atoms with van der Waals surface area (Å²) in [6.07, 6.45) is 0.753. The Morgan fingerprint density at radius 3 is 2.47 bits per heavy atom. The van der Waals surface area contributed by atoms with Crippen molar-refractivity contribution in [1.82, 2.24) is 10.2 Å². The number of ether oxygens (including phenoxy) is 1. The third-order valence-electron chi connectivity index (χ3n) is 2.26. The lowest BCUT2D eigenvalue weighted by Gasteiger charge is -2.23. The fourth-order valence-electron chi connectivity index (χ4n) is 1.28. The van der Waals surface area contributed by atoms with Gasteiger partial charge >= 0.3 is 5.97 Å². The highest BCUT2D eigenvalue weighted by Gasteiger charge is 2.16. The number of carbonyl (C=O) groups is 2. The third kappa shape index (κ3) is 8.65. The molecule has 0 bridgehead atoms. The summed E-state index contributed by atoms with van der Waals surface area (Å²) >= 11 is 0. The molecule has 0 atom stereocenters. The van der Waals surface area contributed by atoms with Gasteiger partial charge in [-0.2, -0.15) is 0 Å². The number of nitrogens with one attached hydrogen (secondary N) is 1. The van der Waals surface area contributed by atoms with Crippen molar-refractivity contribution in [2.45, 2.75) is 26.3 Å². The number of carboxylic acids is 1. The molecular formula is C11H22N2O4. The number of hydrogen-bond acceptors (Lipinski definition) is 4. The summed E-state index contributed by atoms with van der Waals surface area (Å²) in [5, 5.41) is 11.4. The van der Waals surface area contributed by atoms with Gasteiger partial charge in [-0.1, -0.05) is 0 Å². The van der Waals surface area contributed by atoms with Gasteiger partial charge in [-0.25, -0.2) is 0 Å². The summed E-state index contributed by atoms with van der Waals surface area (Å²) in [5.74, 6) is -1.08. The van der Waals surface area contributed by atoms with Gasteiger partial charge in [0.1, 0.15) is 0 Å². The van der Waals surface area contributed by atoms with Gasteiger partial charge in [0.15, 0.2) is 0 Å². The Morgan fingerprint density at radius 1 is 1.35 bits per heavy atom. The Morgan fingerprint density at radius 2 is 2.00 bits per heavy atom. The molecule has 0 aromatic carbocycles. The molecule has 0 aliphatic rings. The van der Waals surface area contributed by atoms with E-state index in [0.29, 0.717) is 13.2 Å². The normalized spacial score (nSPS) is 10.9. The van der Waals surface area contributed by atoms with Crippen LogP contribution in [0.1, 0.15) is 20.3 Å². The van der Waals surface area contributed by atoms with Crippen molar-refractivity contribution >= 4 is 11.9 Å². The molecular weight excluding hydrogens is 224 g/mol. The largest absolute Gasteiger partial charge is 0.480 e. The first-order valence-corrected chi connectivity index (χ1v) is 5.68. The molecule has 0 rings (SSSR count). The molecule has 17 heavy (non-hydrogen) atoms. The molecule has 0 aromatic rings. The zero-order valence-corrected chi connectivity index (χ0v) is 10.7. The molecule has 0 heterocycles. The molecule has 0 unspecified atom stereocenters. The lowest BCUT2D eigenvalue weighted by Crippen LogP contribution is -2.43. The van der Waals surface area contributed by atoms with Gasteiger partial charge in [0, 0.05) is 26.3 Å². The molecule has 100 valence electrons. The van der Waals surface area contributed by atoms with Crippen LogP contribution in [0, 0.1) is 0 Å². The van der Waals surface area contributed by atoms with Crippen LogP contribution < -0.4 is 5.32 Å². The molecule has 0 aliphatic carbocycles. The first-order chi connectivity index (χ1) is 7.97. The van der Waals surface area contributed by atoms with Gasteiger partial charge in [0.25, 0.3) is 0 Å². The molecule has 0 saturated carbocycles. The van der Waals surface area contributed by atoms with E-state index in [1.165, 1.54) is 0 Å². The van der Waals surface area contributed by atoms with Gasteiger partial charge in [-0.15, -0.1) is 0 Å². The van der Waals surface area contributed by atoms with Crippen LogP contribution in [-0.4, -0.2) is 61.3 Å². The molecule has 2 N–H and O–H groups in total. The summed E-state index contributed by atoms with van der Waals surface area (Å²) in [7, 11) is 1.61. The molecule has 1 amide bonds. The minimum absolute atomic E-state index is 0.0239. The van der Waals surface area contributed by atoms with E-state index in [0.717, 1.165) is 6.42 Å². The Kier molecular flexibility index (Phi) is 8.35. The number of carboxylic acid groups (broad SMARTS) is 1. The average molecular weight is 246 g/mol. The van der Waals surface area contributed by atoms with E-state index in [1.54, 1.807) is 12.0 Å². The van der Waals surface area contributed by atoms with Crippen molar-refractivity contribution in [2.75, 3.05) is 33.4 Å². The number of rotatable bonds is 9. The van der Waals surface area contributed by atoms with E-state index in [1.807, 2.05) is 13.8 Å². The topological polar surface area (TPSA) is 78.9 Å². The Balaban J connectivity index is 3.91. The number of hydrogen-bond donors (Lipinski definition) is 2. The number of nitrogens with zero attached hydrogens (tertiary/aromatic N) is 1. The monoisotopic (exact) mass is 246 g/mol. The van der Waals surface area contributed by atoms with E-state index in [-0.39, 0.29) is 25.0 Å². The van der Waals surface area contributed by atoms with Crippen LogP contribution in [0.2, 0.25) is 0 Å². The van der Waals surface area contributed by atoms with E-state index in [4.69, 9.17) is 9.84 Å². The van der Waals surface area contributed by atoms with Crippen LogP contribution in [0.5, 0.6) is 0 Å². The predicted octanol–water partition coefficient (Wildman–Crippen LogP) is -0.0659. The number of methoxy groups -OCH3 is 1. The van der Waals surface area contributed by atoms with E-state index in [9.17, 15) is 9.59 Å². The predicted molar refractivity (Wildman–Crippen MR) is 63.8 cm³/mol. The maximum atomic E-state index is 11.5. The van der Waals surface area contributed by atoms with Gasteiger partial charge < -0.3 is 15.2 Å². The highest BCUT2D eigenvalue weighted by molar-refractivity contribution is 5.79. The molecule has 0 saturated heterocycles. The van der Waals surface area contributed by atoms with Gasteiger partial charge in [-0.3, -0.25) is 14.5 Å². The summed E-state index contributed by atoms with van der Waals surface area (Å²) < 4.78 is 4.86. The minimum Gasteiger partial charge on any atom is -0.480 e. The minimum atomic E-state index is -0.925. The zero-order valence-electron chi connectivity index (χ0n) is 10.7. The van der Waals surface area contributed by atoms with Crippen molar-refractivity contribution in [2.24, 2.45) is 0 Å². The van der Waals surface area contributed by atoms with Crippen LogP contribution in [0.4, 0.5) is 0 Å². The van der Waals surface area contributed by atoms with Gasteiger partial charge in [0.2, 0.25) is 5.91 Å². The first-order valence-electron chi connectivity index (χ1n) is 5.68. The Hall–Kier alpha value is -1.14. The number of carbonyl (C=O) groups excluding carboxylic acids is 1. The summed E-state index contributed by atoms with van der Waals surface area (Å²) in [5.41, 5.74) is 0. The van der Waals surface area contributed by atoms with Crippen molar-refractivity contribution in [1.29, 1.82) is 0 Å². The Labute approximate surface area is 102 Å². The molecule has 0 spiro atoms. The maximum absolute atomic E-state index is 11.5.